The Morgan fingerprint density at radius 2 is 2.70 bits per heavy atom. The van der Waals surface area contributed by atoms with Crippen molar-refractivity contribution in [1.29, 1.82) is 0 Å². The van der Waals surface area contributed by atoms with Crippen molar-refractivity contribution in [3.63, 3.8) is 0 Å². The first kappa shape index (κ1) is 7.34. The highest BCUT2D eigenvalue weighted by atomic mass is 32.2. The van der Waals surface area contributed by atoms with E-state index in [0.29, 0.717) is 5.75 Å². The molecule has 54 valence electrons. The molecule has 1 rings (SSSR count). The van der Waals surface area contributed by atoms with Gasteiger partial charge in [-0.1, -0.05) is 11.8 Å². The Morgan fingerprint density at radius 1 is 1.90 bits per heavy atom. The van der Waals surface area contributed by atoms with Gasteiger partial charge in [-0.25, -0.2) is 4.98 Å². The van der Waals surface area contributed by atoms with E-state index < -0.39 is 0 Å². The Morgan fingerprint density at radius 3 is 3.20 bits per heavy atom. The molecule has 0 radical (unpaired) electrons. The number of rotatable bonds is 3. The van der Waals surface area contributed by atoms with E-state index in [1.54, 1.807) is 19.3 Å². The number of hydrogen-bond acceptors (Lipinski definition) is 3. The third-order valence-corrected chi connectivity index (χ3v) is 1.93. The number of carbonyl (C=O) groups excluding carboxylic acids is 1. The first-order chi connectivity index (χ1) is 4.79. The second kappa shape index (κ2) is 3.41. The molecular weight excluding hydrogens is 148 g/mol. The molecule has 0 atom stereocenters. The second-order valence-electron chi connectivity index (χ2n) is 1.89. The quantitative estimate of drug-likeness (QED) is 0.666. The van der Waals surface area contributed by atoms with E-state index >= 15 is 0 Å². The van der Waals surface area contributed by atoms with Crippen molar-refractivity contribution in [1.82, 2.24) is 9.97 Å². The predicted molar refractivity (Wildman–Crippen MR) is 40.0 cm³/mol. The molecule has 0 unspecified atom stereocenters. The zero-order valence-corrected chi connectivity index (χ0v) is 6.44. The summed E-state index contributed by atoms with van der Waals surface area (Å²) >= 11 is 1.42. The van der Waals surface area contributed by atoms with E-state index in [2.05, 4.69) is 9.97 Å². The molecule has 1 aromatic heterocycles. The minimum absolute atomic E-state index is 0.168. The van der Waals surface area contributed by atoms with Crippen molar-refractivity contribution in [2.45, 2.75) is 12.1 Å². The summed E-state index contributed by atoms with van der Waals surface area (Å²) < 4.78 is 0. The van der Waals surface area contributed by atoms with Crippen LogP contribution < -0.4 is 0 Å². The number of carbonyl (C=O) groups is 1. The maximum atomic E-state index is 10.5. The fourth-order valence-corrected chi connectivity index (χ4v) is 1.13. The van der Waals surface area contributed by atoms with Gasteiger partial charge in [-0.3, -0.25) is 4.79 Å². The molecule has 0 amide bonds. The zero-order chi connectivity index (χ0) is 7.40. The van der Waals surface area contributed by atoms with E-state index in [-0.39, 0.29) is 5.78 Å². The molecule has 0 spiro atoms. The van der Waals surface area contributed by atoms with E-state index in [4.69, 9.17) is 0 Å². The molecule has 0 fully saturated rings. The van der Waals surface area contributed by atoms with Gasteiger partial charge in [-0.05, 0) is 6.92 Å². The highest BCUT2D eigenvalue weighted by molar-refractivity contribution is 7.99. The van der Waals surface area contributed by atoms with Crippen LogP contribution in [0.2, 0.25) is 0 Å². The molecule has 0 saturated carbocycles. The van der Waals surface area contributed by atoms with E-state index in [9.17, 15) is 4.79 Å². The van der Waals surface area contributed by atoms with Crippen molar-refractivity contribution in [2.24, 2.45) is 0 Å². The monoisotopic (exact) mass is 156 g/mol. The van der Waals surface area contributed by atoms with Gasteiger partial charge in [0, 0.05) is 12.4 Å². The minimum Gasteiger partial charge on any atom is -0.340 e. The molecule has 0 aliphatic rings. The Bertz CT molecular complexity index is 208. The highest BCUT2D eigenvalue weighted by Gasteiger charge is 1.96. The lowest BCUT2D eigenvalue weighted by Gasteiger charge is -1.90. The van der Waals surface area contributed by atoms with Gasteiger partial charge in [-0.15, -0.1) is 0 Å². The summed E-state index contributed by atoms with van der Waals surface area (Å²) in [5.74, 6) is 0.662. The number of Topliss-reactive ketones (excluding diaryl/α,β-unsaturated/α-hetero) is 1. The first-order valence-corrected chi connectivity index (χ1v) is 3.89. The van der Waals surface area contributed by atoms with Crippen molar-refractivity contribution in [3.05, 3.63) is 12.4 Å². The molecule has 4 heteroatoms. The molecule has 1 aromatic rings. The van der Waals surface area contributed by atoms with Gasteiger partial charge >= 0.3 is 0 Å². The number of H-pyrrole nitrogens is 1. The lowest BCUT2D eigenvalue weighted by molar-refractivity contribution is -0.114. The summed E-state index contributed by atoms with van der Waals surface area (Å²) in [6.45, 7) is 1.57. The summed E-state index contributed by atoms with van der Waals surface area (Å²) in [5.41, 5.74) is 0. The summed E-state index contributed by atoms with van der Waals surface area (Å²) in [7, 11) is 0. The standard InChI is InChI=1S/C6H8N2OS/c1-5(9)4-10-6-7-2-3-8-6/h2-3H,4H2,1H3,(H,7,8). The zero-order valence-electron chi connectivity index (χ0n) is 5.63. The third kappa shape index (κ3) is 2.23. The van der Waals surface area contributed by atoms with E-state index in [0.717, 1.165) is 5.16 Å². The first-order valence-electron chi connectivity index (χ1n) is 2.90. The SMILES string of the molecule is CC(=O)CSc1ncc[nH]1. The fourth-order valence-electron chi connectivity index (χ4n) is 0.500. The van der Waals surface area contributed by atoms with Gasteiger partial charge in [0.05, 0.1) is 5.75 Å². The average molecular weight is 156 g/mol. The van der Waals surface area contributed by atoms with Crippen molar-refractivity contribution >= 4 is 17.5 Å². The number of aromatic amines is 1. The fraction of sp³-hybridized carbons (Fsp3) is 0.333. The summed E-state index contributed by atoms with van der Waals surface area (Å²) in [6.07, 6.45) is 3.41. The Hall–Kier alpha value is -0.770. The van der Waals surface area contributed by atoms with E-state index in [1.807, 2.05) is 0 Å². The number of imidazole rings is 1. The summed E-state index contributed by atoms with van der Waals surface area (Å²) in [4.78, 5) is 17.3. The molecule has 1 N–H and O–H groups in total. The summed E-state index contributed by atoms with van der Waals surface area (Å²) in [5, 5.41) is 0.801. The lowest BCUT2D eigenvalue weighted by Crippen LogP contribution is -1.92. The Balaban J connectivity index is 2.35. The van der Waals surface area contributed by atoms with Crippen LogP contribution in [0, 0.1) is 0 Å². The second-order valence-corrected chi connectivity index (χ2v) is 2.85. The Labute approximate surface area is 63.2 Å². The van der Waals surface area contributed by atoms with Crippen LogP contribution in [0.4, 0.5) is 0 Å². The molecule has 0 aliphatic carbocycles. The van der Waals surface area contributed by atoms with Crippen LogP contribution in [0.25, 0.3) is 0 Å². The average Bonchev–Trinajstić information content (AvgIpc) is 2.34. The van der Waals surface area contributed by atoms with Crippen molar-refractivity contribution in [2.75, 3.05) is 5.75 Å². The largest absolute Gasteiger partial charge is 0.340 e. The van der Waals surface area contributed by atoms with Gasteiger partial charge in [0.2, 0.25) is 0 Å². The molecule has 0 saturated heterocycles. The van der Waals surface area contributed by atoms with Crippen molar-refractivity contribution < 1.29 is 4.79 Å². The van der Waals surface area contributed by atoms with Crippen LogP contribution in [-0.4, -0.2) is 21.5 Å². The van der Waals surface area contributed by atoms with Gasteiger partial charge in [-0.2, -0.15) is 0 Å². The van der Waals surface area contributed by atoms with Crippen LogP contribution in [-0.2, 0) is 4.79 Å². The maximum absolute atomic E-state index is 10.5. The lowest BCUT2D eigenvalue weighted by atomic mass is 10.5. The molecule has 0 bridgehead atoms. The van der Waals surface area contributed by atoms with Crippen LogP contribution in [0.15, 0.2) is 17.6 Å². The molecular formula is C6H8N2OS. The van der Waals surface area contributed by atoms with E-state index in [1.165, 1.54) is 11.8 Å². The number of nitrogens with one attached hydrogen (secondary N) is 1. The number of hydrogen-bond donors (Lipinski definition) is 1. The van der Waals surface area contributed by atoms with Gasteiger partial charge in [0.1, 0.15) is 5.78 Å². The topological polar surface area (TPSA) is 45.8 Å². The molecule has 0 aliphatic heterocycles. The highest BCUT2D eigenvalue weighted by Crippen LogP contribution is 2.10. The third-order valence-electron chi connectivity index (χ3n) is 0.885. The Kier molecular flexibility index (Phi) is 2.50. The number of ketones is 1. The predicted octanol–water partition coefficient (Wildman–Crippen LogP) is 1.09. The number of thioether (sulfide) groups is 1. The number of nitrogens with zero attached hydrogens (tertiary/aromatic N) is 1. The van der Waals surface area contributed by atoms with Crippen LogP contribution in [0.3, 0.4) is 0 Å². The number of aromatic nitrogens is 2. The summed E-state index contributed by atoms with van der Waals surface area (Å²) in [6, 6.07) is 0. The van der Waals surface area contributed by atoms with Gasteiger partial charge in [0.25, 0.3) is 0 Å². The van der Waals surface area contributed by atoms with Crippen molar-refractivity contribution in [3.8, 4) is 0 Å². The molecule has 1 heterocycles. The van der Waals surface area contributed by atoms with Gasteiger partial charge < -0.3 is 4.98 Å². The minimum atomic E-state index is 0.168. The van der Waals surface area contributed by atoms with Crippen LogP contribution in [0.1, 0.15) is 6.92 Å². The normalized spacial score (nSPS) is 9.70. The maximum Gasteiger partial charge on any atom is 0.165 e. The molecule has 0 aromatic carbocycles. The smallest absolute Gasteiger partial charge is 0.165 e. The van der Waals surface area contributed by atoms with Gasteiger partial charge in [0.15, 0.2) is 5.16 Å². The molecule has 3 nitrogen and oxygen atoms in total. The molecule has 10 heavy (non-hydrogen) atoms. The van der Waals surface area contributed by atoms with Crippen LogP contribution in [0.5, 0.6) is 0 Å². The van der Waals surface area contributed by atoms with Crippen LogP contribution >= 0.6 is 11.8 Å².